The summed E-state index contributed by atoms with van der Waals surface area (Å²) < 4.78 is 30.0. The Morgan fingerprint density at radius 1 is 0.778 bits per heavy atom. The number of aromatic amines is 1. The molecule has 4 aromatic carbocycles. The zero-order valence-corrected chi connectivity index (χ0v) is 34.0. The van der Waals surface area contributed by atoms with Crippen LogP contribution in [-0.2, 0) is 15.8 Å². The molecule has 0 fully saturated rings. The van der Waals surface area contributed by atoms with Crippen molar-refractivity contribution in [3.63, 3.8) is 0 Å². The van der Waals surface area contributed by atoms with Crippen molar-refractivity contribution in [2.24, 2.45) is 0 Å². The van der Waals surface area contributed by atoms with Gasteiger partial charge < -0.3 is 10.1 Å². The molecule has 0 bridgehead atoms. The van der Waals surface area contributed by atoms with Gasteiger partial charge in [0.15, 0.2) is 0 Å². The van der Waals surface area contributed by atoms with Gasteiger partial charge in [0.2, 0.25) is 0 Å². The lowest BCUT2D eigenvalue weighted by molar-refractivity contribution is 0.0742. The van der Waals surface area contributed by atoms with Crippen LogP contribution in [0.5, 0.6) is 0 Å². The van der Waals surface area contributed by atoms with Crippen molar-refractivity contribution in [2.45, 2.75) is 75.1 Å². The number of aliphatic hydroxyl groups is 1. The first-order chi connectivity index (χ1) is 25.7. The SMILES string of the molecule is CN(C)S(=O)(=O)n1c(C2(O)CC(c3ccccc3)c3ccccc32)cnc1[Si](C)(C)C(C)(C)C.c1ccc(C2CC(c3cnc[nH]3)c3ccccc32)cc1. The van der Waals surface area contributed by atoms with Gasteiger partial charge in [-0.2, -0.15) is 12.7 Å². The van der Waals surface area contributed by atoms with Crippen LogP contribution >= 0.6 is 0 Å². The fourth-order valence-corrected chi connectivity index (χ4v) is 11.8. The molecule has 0 amide bonds. The molecule has 4 atom stereocenters. The Morgan fingerprint density at radius 2 is 1.31 bits per heavy atom. The topological polar surface area (TPSA) is 104 Å². The number of hydrogen-bond acceptors (Lipinski definition) is 5. The molecule has 2 aliphatic carbocycles. The monoisotopic (exact) mass is 757 g/mol. The summed E-state index contributed by atoms with van der Waals surface area (Å²) in [4.78, 5) is 12.2. The van der Waals surface area contributed by atoms with E-state index in [1.54, 1.807) is 12.5 Å². The summed E-state index contributed by atoms with van der Waals surface area (Å²) in [6.07, 6.45) is 6.77. The van der Waals surface area contributed by atoms with Crippen LogP contribution < -0.4 is 5.45 Å². The molecule has 2 aliphatic rings. The summed E-state index contributed by atoms with van der Waals surface area (Å²) >= 11 is 0. The fourth-order valence-electron chi connectivity index (χ4n) is 8.07. The predicted octanol–water partition coefficient (Wildman–Crippen LogP) is 8.10. The van der Waals surface area contributed by atoms with Crippen LogP contribution in [0.2, 0.25) is 18.1 Å². The number of nitrogens with one attached hydrogen (secondary N) is 1. The summed E-state index contributed by atoms with van der Waals surface area (Å²) in [5.41, 5.74) is 7.73. The standard InChI is InChI=1S/C26H35N3O3SSi.C18H16N2/c1-25(2,3)34(6,7)24-27-18-23(29(24)33(31,32)28(4)5)26(30)17-21(19-13-9-8-10-14-19)20-15-11-12-16-22(20)26;1-2-6-13(7-3-1)16-10-17(18-11-19-12-20-18)15-9-5-4-8-14(15)16/h8-16,18,21,30H,17H2,1-7H3;1-9,11-12,16-17H,10H2,(H,19,20). The Balaban J connectivity index is 0.000000189. The van der Waals surface area contributed by atoms with E-state index in [-0.39, 0.29) is 11.0 Å². The van der Waals surface area contributed by atoms with Crippen molar-refractivity contribution in [2.75, 3.05) is 14.1 Å². The Kier molecular flexibility index (Phi) is 9.93. The molecule has 2 N–H and O–H groups in total. The van der Waals surface area contributed by atoms with Crippen molar-refractivity contribution in [1.82, 2.24) is 23.2 Å². The van der Waals surface area contributed by atoms with Crippen molar-refractivity contribution >= 4 is 23.7 Å². The highest BCUT2D eigenvalue weighted by molar-refractivity contribution is 7.87. The maximum atomic E-state index is 13.7. The fraction of sp³-hybridized carbons (Fsp3) is 0.318. The molecule has 8 nitrogen and oxygen atoms in total. The van der Waals surface area contributed by atoms with Crippen LogP contribution in [0.15, 0.2) is 128 Å². The van der Waals surface area contributed by atoms with Crippen LogP contribution in [-0.4, -0.2) is 58.9 Å². The zero-order valence-electron chi connectivity index (χ0n) is 32.2. The molecule has 0 saturated heterocycles. The number of rotatable bonds is 7. The molecule has 280 valence electrons. The molecule has 0 saturated carbocycles. The van der Waals surface area contributed by atoms with E-state index < -0.39 is 23.9 Å². The van der Waals surface area contributed by atoms with Crippen molar-refractivity contribution < 1.29 is 13.5 Å². The molecule has 2 aromatic heterocycles. The largest absolute Gasteiger partial charge is 0.379 e. The van der Waals surface area contributed by atoms with E-state index >= 15 is 0 Å². The van der Waals surface area contributed by atoms with Crippen molar-refractivity contribution in [3.8, 4) is 0 Å². The summed E-state index contributed by atoms with van der Waals surface area (Å²) in [6, 6.07) is 37.5. The minimum absolute atomic E-state index is 0.0517. The number of H-pyrrole nitrogens is 1. The molecular weight excluding hydrogens is 707 g/mol. The van der Waals surface area contributed by atoms with Gasteiger partial charge in [-0.3, -0.25) is 0 Å². The van der Waals surface area contributed by atoms with Crippen LogP contribution in [0.3, 0.4) is 0 Å². The van der Waals surface area contributed by atoms with Gasteiger partial charge in [0.05, 0.1) is 18.2 Å². The number of hydrogen-bond donors (Lipinski definition) is 2. The van der Waals surface area contributed by atoms with E-state index in [9.17, 15) is 13.5 Å². The highest BCUT2D eigenvalue weighted by Gasteiger charge is 2.51. The van der Waals surface area contributed by atoms with Gasteiger partial charge in [0.1, 0.15) is 19.1 Å². The van der Waals surface area contributed by atoms with E-state index in [1.807, 2.05) is 48.7 Å². The Hall–Kier alpha value is -4.61. The van der Waals surface area contributed by atoms with Gasteiger partial charge in [0.25, 0.3) is 0 Å². The van der Waals surface area contributed by atoms with Crippen LogP contribution in [0.1, 0.15) is 96.1 Å². The molecule has 2 heterocycles. The molecule has 4 unspecified atom stereocenters. The van der Waals surface area contributed by atoms with Gasteiger partial charge in [-0.15, -0.1) is 0 Å². The van der Waals surface area contributed by atoms with E-state index in [4.69, 9.17) is 4.98 Å². The van der Waals surface area contributed by atoms with Crippen LogP contribution in [0.4, 0.5) is 0 Å². The zero-order chi connectivity index (χ0) is 38.5. The minimum Gasteiger partial charge on any atom is -0.379 e. The van der Waals surface area contributed by atoms with E-state index in [2.05, 4.69) is 111 Å². The van der Waals surface area contributed by atoms with E-state index in [0.29, 0.717) is 29.4 Å². The Morgan fingerprint density at radius 3 is 1.87 bits per heavy atom. The van der Waals surface area contributed by atoms with E-state index in [0.717, 1.165) is 23.1 Å². The van der Waals surface area contributed by atoms with Gasteiger partial charge in [-0.05, 0) is 51.3 Å². The maximum Gasteiger partial charge on any atom is 0.308 e. The number of imidazole rings is 2. The third-order valence-corrected chi connectivity index (χ3v) is 19.2. The second kappa shape index (κ2) is 14.2. The molecule has 6 aromatic rings. The van der Waals surface area contributed by atoms with Gasteiger partial charge in [0, 0.05) is 43.7 Å². The van der Waals surface area contributed by atoms with Crippen LogP contribution in [0, 0.1) is 0 Å². The van der Waals surface area contributed by atoms with Crippen molar-refractivity contribution in [3.05, 3.63) is 173 Å². The Bertz CT molecular complexity index is 2330. The predicted molar refractivity (Wildman–Crippen MR) is 219 cm³/mol. The second-order valence-electron chi connectivity index (χ2n) is 16.4. The highest BCUT2D eigenvalue weighted by Crippen LogP contribution is 2.51. The molecule has 0 aliphatic heterocycles. The first-order valence-electron chi connectivity index (χ1n) is 18.7. The third kappa shape index (κ3) is 6.49. The minimum atomic E-state index is -3.94. The van der Waals surface area contributed by atoms with Crippen molar-refractivity contribution in [1.29, 1.82) is 0 Å². The molecule has 0 spiro atoms. The van der Waals surface area contributed by atoms with Gasteiger partial charge in [-0.1, -0.05) is 143 Å². The second-order valence-corrected chi connectivity index (χ2v) is 23.6. The first kappa shape index (κ1) is 37.7. The number of nitrogens with zero attached hydrogens (tertiary/aromatic N) is 4. The highest BCUT2D eigenvalue weighted by atomic mass is 32.2. The third-order valence-electron chi connectivity index (χ3n) is 12.1. The summed E-state index contributed by atoms with van der Waals surface area (Å²) in [7, 11) is -3.27. The summed E-state index contributed by atoms with van der Waals surface area (Å²) in [5.74, 6) is 0.865. The molecule has 10 heteroatoms. The van der Waals surface area contributed by atoms with Gasteiger partial charge >= 0.3 is 10.2 Å². The Labute approximate surface area is 321 Å². The smallest absolute Gasteiger partial charge is 0.308 e. The average molecular weight is 758 g/mol. The quantitative estimate of drug-likeness (QED) is 0.160. The average Bonchev–Trinajstić information content (AvgIpc) is 3.98. The molecule has 8 rings (SSSR count). The normalized spacial score (nSPS) is 21.0. The van der Waals surface area contributed by atoms with Crippen LogP contribution in [0.25, 0.3) is 0 Å². The summed E-state index contributed by atoms with van der Waals surface area (Å²) in [5, 5.41) is 12.2. The summed E-state index contributed by atoms with van der Waals surface area (Å²) in [6.45, 7) is 10.7. The van der Waals surface area contributed by atoms with Gasteiger partial charge in [-0.25, -0.2) is 13.9 Å². The lowest BCUT2D eigenvalue weighted by atomic mass is 9.90. The first-order valence-corrected chi connectivity index (χ1v) is 23.1. The number of benzene rings is 4. The lowest BCUT2D eigenvalue weighted by Gasteiger charge is -2.37. The molecule has 54 heavy (non-hydrogen) atoms. The maximum absolute atomic E-state index is 13.7. The number of aromatic nitrogens is 4. The number of fused-ring (bicyclic) bond motifs is 2. The molecule has 0 radical (unpaired) electrons. The van der Waals surface area contributed by atoms with E-state index in [1.165, 1.54) is 44.8 Å². The molecular formula is C44H51N5O3SSi. The lowest BCUT2D eigenvalue weighted by Crippen LogP contribution is -2.56.